The van der Waals surface area contributed by atoms with E-state index in [0.717, 1.165) is 55.2 Å². The van der Waals surface area contributed by atoms with Crippen LogP contribution < -0.4 is 9.47 Å². The highest BCUT2D eigenvalue weighted by Gasteiger charge is 2.27. The van der Waals surface area contributed by atoms with Crippen molar-refractivity contribution < 1.29 is 19.0 Å². The second-order valence-corrected chi connectivity index (χ2v) is 8.78. The fourth-order valence-corrected chi connectivity index (χ4v) is 4.74. The van der Waals surface area contributed by atoms with Crippen molar-refractivity contribution in [2.75, 3.05) is 33.9 Å². The summed E-state index contributed by atoms with van der Waals surface area (Å²) in [5.41, 5.74) is 4.46. The van der Waals surface area contributed by atoms with E-state index in [1.165, 1.54) is 30.4 Å². The molecule has 2 fully saturated rings. The van der Waals surface area contributed by atoms with Gasteiger partial charge in [0, 0.05) is 23.9 Å². The van der Waals surface area contributed by atoms with Gasteiger partial charge in [0.05, 0.1) is 32.4 Å². The van der Waals surface area contributed by atoms with Crippen LogP contribution in [0, 0.1) is 5.92 Å². The molecule has 2 aliphatic rings. The molecule has 2 heterocycles. The van der Waals surface area contributed by atoms with Crippen LogP contribution in [0.1, 0.15) is 69.9 Å². The topological polar surface area (TPSA) is 60.9 Å². The number of esters is 1. The predicted octanol–water partition coefficient (Wildman–Crippen LogP) is 5.83. The molecule has 1 saturated heterocycles. The second-order valence-electron chi connectivity index (χ2n) is 8.78. The molecule has 6 heteroatoms. The van der Waals surface area contributed by atoms with Crippen LogP contribution in [-0.4, -0.2) is 49.8 Å². The molecule has 1 saturated carbocycles. The highest BCUT2D eigenvalue weighted by atomic mass is 16.5. The van der Waals surface area contributed by atoms with Crippen LogP contribution in [0.5, 0.6) is 11.5 Å². The summed E-state index contributed by atoms with van der Waals surface area (Å²) in [6, 6.07) is 8.50. The monoisotopic (exact) mass is 468 g/mol. The summed E-state index contributed by atoms with van der Waals surface area (Å²) >= 11 is 0. The Hall–Kier alpha value is -2.60. The zero-order chi connectivity index (χ0) is 24.5. The van der Waals surface area contributed by atoms with Crippen molar-refractivity contribution >= 4 is 5.97 Å². The van der Waals surface area contributed by atoms with Gasteiger partial charge in [0.2, 0.25) is 0 Å². The van der Waals surface area contributed by atoms with Crippen LogP contribution in [0.3, 0.4) is 0 Å². The van der Waals surface area contributed by atoms with Crippen molar-refractivity contribution in [1.82, 2.24) is 9.88 Å². The summed E-state index contributed by atoms with van der Waals surface area (Å²) in [5, 5.41) is 0. The van der Waals surface area contributed by atoms with E-state index in [9.17, 15) is 4.79 Å². The number of aromatic nitrogens is 1. The molecule has 0 amide bonds. The van der Waals surface area contributed by atoms with Crippen molar-refractivity contribution in [3.8, 4) is 22.8 Å². The average molecular weight is 469 g/mol. The van der Waals surface area contributed by atoms with E-state index >= 15 is 0 Å². The molecular weight excluding hydrogens is 428 g/mol. The Morgan fingerprint density at radius 1 is 1.06 bits per heavy atom. The lowest BCUT2D eigenvalue weighted by atomic mass is 9.79. The van der Waals surface area contributed by atoms with E-state index in [0.29, 0.717) is 12.5 Å². The first-order chi connectivity index (χ1) is 16.6. The lowest BCUT2D eigenvalue weighted by Crippen LogP contribution is -2.36. The minimum atomic E-state index is -0.0472. The molecule has 4 rings (SSSR count). The maximum Gasteiger partial charge on any atom is 0.309 e. The van der Waals surface area contributed by atoms with Gasteiger partial charge in [0.15, 0.2) is 11.5 Å². The number of carbonyl (C=O) groups is 1. The van der Waals surface area contributed by atoms with Gasteiger partial charge in [0.1, 0.15) is 0 Å². The van der Waals surface area contributed by atoms with Gasteiger partial charge < -0.3 is 14.2 Å². The smallest absolute Gasteiger partial charge is 0.309 e. The molecule has 6 nitrogen and oxygen atoms in total. The van der Waals surface area contributed by atoms with Gasteiger partial charge in [-0.2, -0.15) is 0 Å². The summed E-state index contributed by atoms with van der Waals surface area (Å²) in [5.74, 6) is 2.13. The average Bonchev–Trinajstić information content (AvgIpc) is 2.84. The zero-order valence-electron chi connectivity index (χ0n) is 21.4. The van der Waals surface area contributed by atoms with Crippen molar-refractivity contribution in [2.45, 2.75) is 65.3 Å². The standard InChI is InChI=1S/C26H34N2O4.C2H6/c1-4-32-26(29)20-9-12-28(13-10-20)17-18-8-11-27-23(14-18)21-15-22(19-6-5-7-19)25(31-3)24(16-21)30-2;1-2/h8,11,14-16,19-20H,4-7,9-10,12-13,17H2,1-3H3;1-2H3. The number of likely N-dealkylation sites (tertiary alicyclic amines) is 1. The first-order valence-electron chi connectivity index (χ1n) is 12.7. The molecule has 0 bridgehead atoms. The molecule has 1 aliphatic heterocycles. The van der Waals surface area contributed by atoms with E-state index in [1.807, 2.05) is 33.0 Å². The van der Waals surface area contributed by atoms with Crippen LogP contribution in [0.25, 0.3) is 11.3 Å². The lowest BCUT2D eigenvalue weighted by molar-refractivity contribution is -0.149. The minimum absolute atomic E-state index is 0.0379. The summed E-state index contributed by atoms with van der Waals surface area (Å²) in [6.07, 6.45) is 7.25. The Morgan fingerprint density at radius 3 is 2.38 bits per heavy atom. The molecule has 0 spiro atoms. The number of methoxy groups -OCH3 is 2. The lowest BCUT2D eigenvalue weighted by Gasteiger charge is -2.30. The number of ether oxygens (including phenoxy) is 3. The Morgan fingerprint density at radius 2 is 1.79 bits per heavy atom. The molecule has 1 aromatic heterocycles. The fraction of sp³-hybridized carbons (Fsp3) is 0.571. The highest BCUT2D eigenvalue weighted by Crippen LogP contribution is 2.46. The second kappa shape index (κ2) is 12.7. The molecule has 0 radical (unpaired) electrons. The first-order valence-corrected chi connectivity index (χ1v) is 12.7. The normalized spacial score (nSPS) is 16.7. The molecule has 1 aromatic carbocycles. The molecule has 0 atom stereocenters. The van der Waals surface area contributed by atoms with E-state index < -0.39 is 0 Å². The number of rotatable bonds is 8. The van der Waals surface area contributed by atoms with Crippen molar-refractivity contribution in [2.24, 2.45) is 5.92 Å². The van der Waals surface area contributed by atoms with E-state index in [1.54, 1.807) is 14.2 Å². The van der Waals surface area contributed by atoms with Crippen LogP contribution in [0.2, 0.25) is 0 Å². The number of carbonyl (C=O) groups excluding carboxylic acids is 1. The zero-order valence-corrected chi connectivity index (χ0v) is 21.4. The number of hydrogen-bond donors (Lipinski definition) is 0. The molecule has 186 valence electrons. The van der Waals surface area contributed by atoms with Crippen molar-refractivity contribution in [1.29, 1.82) is 0 Å². The van der Waals surface area contributed by atoms with Crippen LogP contribution in [0.4, 0.5) is 0 Å². The van der Waals surface area contributed by atoms with Gasteiger partial charge >= 0.3 is 5.97 Å². The third-order valence-electron chi connectivity index (χ3n) is 6.79. The number of pyridine rings is 1. The molecule has 0 N–H and O–H groups in total. The van der Waals surface area contributed by atoms with Gasteiger partial charge in [-0.3, -0.25) is 14.7 Å². The van der Waals surface area contributed by atoms with Crippen molar-refractivity contribution in [3.63, 3.8) is 0 Å². The maximum atomic E-state index is 12.0. The summed E-state index contributed by atoms with van der Waals surface area (Å²) in [4.78, 5) is 19.1. The third-order valence-corrected chi connectivity index (χ3v) is 6.79. The SMILES string of the molecule is CC.CCOC(=O)C1CCN(Cc2ccnc(-c3cc(OC)c(OC)c(C4CCC4)c3)c2)CC1. The number of benzene rings is 1. The van der Waals surface area contributed by atoms with Gasteiger partial charge in [-0.05, 0) is 81.4 Å². The summed E-state index contributed by atoms with van der Waals surface area (Å²) in [6.45, 7) is 8.99. The Balaban J connectivity index is 0.00000158. The Labute approximate surface area is 204 Å². The number of hydrogen-bond acceptors (Lipinski definition) is 6. The Bertz CT molecular complexity index is 934. The van der Waals surface area contributed by atoms with E-state index in [4.69, 9.17) is 14.2 Å². The van der Waals surface area contributed by atoms with Crippen LogP contribution >= 0.6 is 0 Å². The van der Waals surface area contributed by atoms with Crippen LogP contribution in [0.15, 0.2) is 30.5 Å². The summed E-state index contributed by atoms with van der Waals surface area (Å²) in [7, 11) is 3.40. The Kier molecular flexibility index (Phi) is 9.75. The van der Waals surface area contributed by atoms with Gasteiger partial charge in [-0.1, -0.05) is 20.3 Å². The van der Waals surface area contributed by atoms with Crippen LogP contribution in [-0.2, 0) is 16.1 Å². The van der Waals surface area contributed by atoms with E-state index in [-0.39, 0.29) is 11.9 Å². The molecule has 34 heavy (non-hydrogen) atoms. The number of piperidine rings is 1. The third kappa shape index (κ3) is 6.09. The van der Waals surface area contributed by atoms with E-state index in [2.05, 4.69) is 28.1 Å². The molecular formula is C28H40N2O4. The molecule has 0 unspecified atom stereocenters. The van der Waals surface area contributed by atoms with Gasteiger partial charge in [0.25, 0.3) is 0 Å². The first kappa shape index (κ1) is 26.0. The largest absolute Gasteiger partial charge is 0.493 e. The summed E-state index contributed by atoms with van der Waals surface area (Å²) < 4.78 is 16.5. The highest BCUT2D eigenvalue weighted by molar-refractivity contribution is 5.72. The molecule has 2 aromatic rings. The number of nitrogens with zero attached hydrogens (tertiary/aromatic N) is 2. The quantitative estimate of drug-likeness (QED) is 0.454. The van der Waals surface area contributed by atoms with Crippen molar-refractivity contribution in [3.05, 3.63) is 41.6 Å². The van der Waals surface area contributed by atoms with Gasteiger partial charge in [-0.25, -0.2) is 0 Å². The minimum Gasteiger partial charge on any atom is -0.493 e. The fourth-order valence-electron chi connectivity index (χ4n) is 4.74. The molecule has 1 aliphatic carbocycles. The maximum absolute atomic E-state index is 12.0. The van der Waals surface area contributed by atoms with Gasteiger partial charge in [-0.15, -0.1) is 0 Å². The predicted molar refractivity (Wildman–Crippen MR) is 135 cm³/mol.